The molecule has 0 amide bonds. The normalized spacial score (nSPS) is 13.2. The second-order valence-electron chi connectivity index (χ2n) is 2.64. The Bertz CT molecular complexity index is 238. The molecule has 0 saturated carbocycles. The number of thioether (sulfide) groups is 1. The zero-order valence-electron chi connectivity index (χ0n) is 7.20. The fourth-order valence-electron chi connectivity index (χ4n) is 0.952. The van der Waals surface area contributed by atoms with Crippen LogP contribution in [0.2, 0.25) is 5.28 Å². The van der Waals surface area contributed by atoms with Crippen LogP contribution in [-0.4, -0.2) is 26.8 Å². The molecule has 0 aliphatic carbocycles. The van der Waals surface area contributed by atoms with Gasteiger partial charge in [-0.15, -0.1) is 10.2 Å². The van der Waals surface area contributed by atoms with Gasteiger partial charge in [0.15, 0.2) is 0 Å². The van der Waals surface area contributed by atoms with Crippen molar-refractivity contribution in [1.29, 1.82) is 0 Å². The highest BCUT2D eigenvalue weighted by molar-refractivity contribution is 7.98. The van der Waals surface area contributed by atoms with Gasteiger partial charge < -0.3 is 4.57 Å². The first-order valence-electron chi connectivity index (χ1n) is 3.79. The summed E-state index contributed by atoms with van der Waals surface area (Å²) in [5.74, 6) is 1.13. The largest absolute Gasteiger partial charge is 0.302 e. The Kier molecular flexibility index (Phi) is 3.88. The smallest absolute Gasteiger partial charge is 0.225 e. The highest BCUT2D eigenvalue weighted by atomic mass is 35.5. The second kappa shape index (κ2) is 4.72. The molecule has 0 aliphatic rings. The molecule has 1 aromatic heterocycles. The molecule has 0 radical (unpaired) electrons. The highest BCUT2D eigenvalue weighted by Gasteiger charge is 2.07. The van der Waals surface area contributed by atoms with Crippen molar-refractivity contribution in [2.45, 2.75) is 19.4 Å². The number of halogens is 1. The molecule has 0 spiro atoms. The van der Waals surface area contributed by atoms with Crippen LogP contribution in [0.5, 0.6) is 0 Å². The van der Waals surface area contributed by atoms with Crippen molar-refractivity contribution in [1.82, 2.24) is 14.8 Å². The third kappa shape index (κ3) is 2.38. The van der Waals surface area contributed by atoms with Crippen molar-refractivity contribution in [3.8, 4) is 0 Å². The van der Waals surface area contributed by atoms with Crippen molar-refractivity contribution in [2.75, 3.05) is 12.0 Å². The van der Waals surface area contributed by atoms with Crippen LogP contribution in [0, 0.1) is 0 Å². The Morgan fingerprint density at radius 2 is 2.50 bits per heavy atom. The lowest BCUT2D eigenvalue weighted by atomic mass is 10.3. The summed E-state index contributed by atoms with van der Waals surface area (Å²) in [6, 6.07) is 0.389. The molecule has 5 heteroatoms. The van der Waals surface area contributed by atoms with Crippen LogP contribution in [0.4, 0.5) is 0 Å². The van der Waals surface area contributed by atoms with Crippen LogP contribution in [0.3, 0.4) is 0 Å². The van der Waals surface area contributed by atoms with Gasteiger partial charge in [-0.1, -0.05) is 0 Å². The minimum absolute atomic E-state index is 0.389. The zero-order chi connectivity index (χ0) is 8.97. The maximum absolute atomic E-state index is 5.80. The summed E-state index contributed by atoms with van der Waals surface area (Å²) in [5.41, 5.74) is 0. The summed E-state index contributed by atoms with van der Waals surface area (Å²) in [4.78, 5) is 0. The molecule has 0 N–H and O–H groups in total. The molecule has 0 aromatic carbocycles. The minimum Gasteiger partial charge on any atom is -0.302 e. The van der Waals surface area contributed by atoms with E-state index in [0.717, 1.165) is 12.2 Å². The summed E-state index contributed by atoms with van der Waals surface area (Å²) in [6.45, 7) is 2.12. The van der Waals surface area contributed by atoms with Crippen LogP contribution >= 0.6 is 23.4 Å². The Labute approximate surface area is 81.5 Å². The van der Waals surface area contributed by atoms with E-state index in [1.807, 2.05) is 16.3 Å². The molecule has 0 bridgehead atoms. The van der Waals surface area contributed by atoms with Crippen LogP contribution in [-0.2, 0) is 0 Å². The van der Waals surface area contributed by atoms with Gasteiger partial charge in [0.25, 0.3) is 0 Å². The lowest BCUT2D eigenvalue weighted by Gasteiger charge is -2.11. The molecule has 3 nitrogen and oxygen atoms in total. The third-order valence-corrected chi connectivity index (χ3v) is 2.66. The van der Waals surface area contributed by atoms with Crippen molar-refractivity contribution in [3.63, 3.8) is 0 Å². The molecule has 12 heavy (non-hydrogen) atoms. The van der Waals surface area contributed by atoms with Gasteiger partial charge >= 0.3 is 0 Å². The van der Waals surface area contributed by atoms with Crippen molar-refractivity contribution in [2.24, 2.45) is 0 Å². The van der Waals surface area contributed by atoms with Crippen molar-refractivity contribution >= 4 is 23.4 Å². The molecule has 1 aromatic rings. The van der Waals surface area contributed by atoms with E-state index in [-0.39, 0.29) is 0 Å². The van der Waals surface area contributed by atoms with Gasteiger partial charge in [-0.25, -0.2) is 0 Å². The number of hydrogen-bond donors (Lipinski definition) is 0. The first-order chi connectivity index (χ1) is 5.75. The number of rotatable bonds is 4. The van der Waals surface area contributed by atoms with Gasteiger partial charge in [0.1, 0.15) is 6.33 Å². The van der Waals surface area contributed by atoms with Gasteiger partial charge in [0.05, 0.1) is 0 Å². The number of aromatic nitrogens is 3. The van der Waals surface area contributed by atoms with E-state index in [1.165, 1.54) is 0 Å². The van der Waals surface area contributed by atoms with Gasteiger partial charge in [-0.3, -0.25) is 0 Å². The van der Waals surface area contributed by atoms with E-state index in [0.29, 0.717) is 11.3 Å². The van der Waals surface area contributed by atoms with E-state index < -0.39 is 0 Å². The number of hydrogen-bond acceptors (Lipinski definition) is 3. The average Bonchev–Trinajstić information content (AvgIpc) is 2.47. The molecule has 1 rings (SSSR count). The Morgan fingerprint density at radius 1 is 1.75 bits per heavy atom. The summed E-state index contributed by atoms with van der Waals surface area (Å²) in [6.07, 6.45) is 4.87. The molecule has 0 aliphatic heterocycles. The highest BCUT2D eigenvalue weighted by Crippen LogP contribution is 2.16. The molecular weight excluding hydrogens is 194 g/mol. The van der Waals surface area contributed by atoms with Crippen molar-refractivity contribution < 1.29 is 0 Å². The van der Waals surface area contributed by atoms with Crippen LogP contribution in [0.1, 0.15) is 19.4 Å². The summed E-state index contributed by atoms with van der Waals surface area (Å²) in [7, 11) is 0. The predicted octanol–water partition coefficient (Wildman–Crippen LogP) is 2.25. The van der Waals surface area contributed by atoms with Gasteiger partial charge in [0.2, 0.25) is 5.28 Å². The van der Waals surface area contributed by atoms with Gasteiger partial charge in [0, 0.05) is 6.04 Å². The Morgan fingerprint density at radius 3 is 3.00 bits per heavy atom. The van der Waals surface area contributed by atoms with E-state index in [1.54, 1.807) is 6.33 Å². The Hall–Kier alpha value is -0.220. The van der Waals surface area contributed by atoms with E-state index in [9.17, 15) is 0 Å². The monoisotopic (exact) mass is 205 g/mol. The lowest BCUT2D eigenvalue weighted by Crippen LogP contribution is -2.04. The maximum atomic E-state index is 5.80. The van der Waals surface area contributed by atoms with E-state index >= 15 is 0 Å². The summed E-state index contributed by atoms with van der Waals surface area (Å²) in [5, 5.41) is 7.92. The quantitative estimate of drug-likeness (QED) is 0.756. The van der Waals surface area contributed by atoms with Crippen LogP contribution in [0.15, 0.2) is 6.33 Å². The molecule has 0 fully saturated rings. The standard InChI is InChI=1S/C7H12ClN3S/c1-6(3-4-12-2)11-5-9-10-7(11)8/h5-6H,3-4H2,1-2H3. The SMILES string of the molecule is CSCCC(C)n1cnnc1Cl. The first-order valence-corrected chi connectivity index (χ1v) is 5.57. The minimum atomic E-state index is 0.389. The van der Waals surface area contributed by atoms with E-state index in [4.69, 9.17) is 11.6 Å². The zero-order valence-corrected chi connectivity index (χ0v) is 8.77. The fraction of sp³-hybridized carbons (Fsp3) is 0.714. The molecular formula is C7H12ClN3S. The molecule has 1 atom stereocenters. The summed E-state index contributed by atoms with van der Waals surface area (Å²) < 4.78 is 1.89. The van der Waals surface area contributed by atoms with Crippen LogP contribution < -0.4 is 0 Å². The topological polar surface area (TPSA) is 30.7 Å². The lowest BCUT2D eigenvalue weighted by molar-refractivity contribution is 0.533. The van der Waals surface area contributed by atoms with E-state index in [2.05, 4.69) is 23.4 Å². The third-order valence-electron chi connectivity index (χ3n) is 1.74. The fourth-order valence-corrected chi connectivity index (χ4v) is 1.78. The Balaban J connectivity index is 2.52. The predicted molar refractivity (Wildman–Crippen MR) is 52.7 cm³/mol. The van der Waals surface area contributed by atoms with Gasteiger partial charge in [-0.2, -0.15) is 11.8 Å². The van der Waals surface area contributed by atoms with Crippen molar-refractivity contribution in [3.05, 3.63) is 11.6 Å². The second-order valence-corrected chi connectivity index (χ2v) is 3.96. The maximum Gasteiger partial charge on any atom is 0.225 e. The van der Waals surface area contributed by atoms with Gasteiger partial charge in [-0.05, 0) is 37.0 Å². The average molecular weight is 206 g/mol. The molecule has 0 saturated heterocycles. The van der Waals surface area contributed by atoms with Crippen LogP contribution in [0.25, 0.3) is 0 Å². The molecule has 68 valence electrons. The number of nitrogens with zero attached hydrogens (tertiary/aromatic N) is 3. The molecule has 1 unspecified atom stereocenters. The first kappa shape index (κ1) is 9.86. The molecule has 1 heterocycles. The summed E-state index contributed by atoms with van der Waals surface area (Å²) >= 11 is 7.63.